The van der Waals surface area contributed by atoms with E-state index >= 15 is 0 Å². The predicted octanol–water partition coefficient (Wildman–Crippen LogP) is 5.11. The summed E-state index contributed by atoms with van der Waals surface area (Å²) in [7, 11) is -3.69. The summed E-state index contributed by atoms with van der Waals surface area (Å²) >= 11 is 6.15. The van der Waals surface area contributed by atoms with Gasteiger partial charge in [-0.05, 0) is 61.9 Å². The van der Waals surface area contributed by atoms with Crippen LogP contribution in [0.25, 0.3) is 10.8 Å². The van der Waals surface area contributed by atoms with Crippen molar-refractivity contribution in [1.29, 1.82) is 0 Å². The molecule has 196 valence electrons. The van der Waals surface area contributed by atoms with E-state index in [0.717, 1.165) is 17.4 Å². The first kappa shape index (κ1) is 26.9. The van der Waals surface area contributed by atoms with E-state index in [0.29, 0.717) is 27.4 Å². The van der Waals surface area contributed by atoms with Crippen LogP contribution in [-0.2, 0) is 26.2 Å². The van der Waals surface area contributed by atoms with E-state index in [2.05, 4.69) is 5.32 Å². The lowest BCUT2D eigenvalue weighted by Crippen LogP contribution is -2.49. The molecule has 1 heterocycles. The molecule has 0 aliphatic carbocycles. The number of rotatable bonds is 10. The highest BCUT2D eigenvalue weighted by Crippen LogP contribution is 2.42. The minimum atomic E-state index is -3.69. The monoisotopic (exact) mass is 541 g/mol. The van der Waals surface area contributed by atoms with Gasteiger partial charge in [-0.3, -0.25) is 13.9 Å². The third-order valence-corrected chi connectivity index (χ3v) is 8.93. The molecule has 0 saturated carbocycles. The molecule has 2 atom stereocenters. The summed E-state index contributed by atoms with van der Waals surface area (Å²) in [4.78, 5) is 28.2. The highest BCUT2D eigenvalue weighted by molar-refractivity contribution is 7.93. The first-order valence-corrected chi connectivity index (χ1v) is 14.3. The molecule has 0 bridgehead atoms. The van der Waals surface area contributed by atoms with Crippen LogP contribution in [0.4, 0.5) is 5.69 Å². The molecule has 3 aromatic carbocycles. The van der Waals surface area contributed by atoms with E-state index in [-0.39, 0.29) is 37.4 Å². The average Bonchev–Trinajstić information content (AvgIpc) is 3.09. The molecule has 0 aromatic heterocycles. The molecule has 2 amide bonds. The van der Waals surface area contributed by atoms with E-state index in [1.165, 1.54) is 9.21 Å². The molecule has 4 rings (SSSR count). The molecule has 0 saturated heterocycles. The average molecular weight is 542 g/mol. The van der Waals surface area contributed by atoms with E-state index in [9.17, 15) is 18.0 Å². The summed E-state index contributed by atoms with van der Waals surface area (Å²) in [5.74, 6) is -0.451. The molecule has 0 radical (unpaired) electrons. The molecule has 0 spiro atoms. The molecular formula is C28H32ClN3O4S. The summed E-state index contributed by atoms with van der Waals surface area (Å²) < 4.78 is 27.9. The van der Waals surface area contributed by atoms with Crippen molar-refractivity contribution in [3.8, 4) is 0 Å². The summed E-state index contributed by atoms with van der Waals surface area (Å²) in [5.41, 5.74) is 1.45. The Hall–Kier alpha value is -3.10. The predicted molar refractivity (Wildman–Crippen MR) is 147 cm³/mol. The number of nitrogens with one attached hydrogen (secondary N) is 1. The van der Waals surface area contributed by atoms with E-state index < -0.39 is 16.1 Å². The van der Waals surface area contributed by atoms with Crippen molar-refractivity contribution >= 4 is 49.9 Å². The van der Waals surface area contributed by atoms with Gasteiger partial charge < -0.3 is 10.2 Å². The van der Waals surface area contributed by atoms with Crippen LogP contribution in [-0.4, -0.2) is 43.8 Å². The van der Waals surface area contributed by atoms with E-state index in [4.69, 9.17) is 11.6 Å². The lowest BCUT2D eigenvalue weighted by molar-refractivity contribution is -0.140. The number of hydrogen-bond acceptors (Lipinski definition) is 4. The SMILES string of the molecule is CC[C@H](C)NC(=O)[C@H](C)N(Cc1cccc(Cl)c1)C(=O)CCCN1c2cccc3cccc(c23)S1(=O)=O. The topological polar surface area (TPSA) is 86.8 Å². The molecular weight excluding hydrogens is 510 g/mol. The number of sulfonamides is 1. The Balaban J connectivity index is 1.50. The van der Waals surface area contributed by atoms with Crippen LogP contribution in [0, 0.1) is 0 Å². The van der Waals surface area contributed by atoms with Gasteiger partial charge in [-0.25, -0.2) is 8.42 Å². The molecule has 1 aliphatic rings. The zero-order valence-electron chi connectivity index (χ0n) is 21.3. The van der Waals surface area contributed by atoms with Crippen LogP contribution >= 0.6 is 11.6 Å². The Labute approximate surface area is 223 Å². The van der Waals surface area contributed by atoms with Crippen LogP contribution in [0.3, 0.4) is 0 Å². The maximum absolute atomic E-state index is 13.4. The van der Waals surface area contributed by atoms with Gasteiger partial charge in [0.25, 0.3) is 10.0 Å². The van der Waals surface area contributed by atoms with Gasteiger partial charge in [-0.15, -0.1) is 0 Å². The Morgan fingerprint density at radius 2 is 1.76 bits per heavy atom. The minimum Gasteiger partial charge on any atom is -0.352 e. The molecule has 37 heavy (non-hydrogen) atoms. The number of halogens is 1. The highest BCUT2D eigenvalue weighted by Gasteiger charge is 2.35. The molecule has 0 fully saturated rings. The molecule has 3 aromatic rings. The fourth-order valence-electron chi connectivity index (χ4n) is 4.60. The van der Waals surface area contributed by atoms with Gasteiger partial charge in [0.05, 0.1) is 10.6 Å². The normalized spacial score (nSPS) is 15.4. The van der Waals surface area contributed by atoms with Crippen LogP contribution in [0.15, 0.2) is 65.6 Å². The van der Waals surface area contributed by atoms with Crippen molar-refractivity contribution in [1.82, 2.24) is 10.2 Å². The Kier molecular flexibility index (Phi) is 8.09. The third kappa shape index (κ3) is 5.60. The maximum atomic E-state index is 13.4. The van der Waals surface area contributed by atoms with E-state index in [1.807, 2.05) is 38.1 Å². The van der Waals surface area contributed by atoms with Crippen molar-refractivity contribution < 1.29 is 18.0 Å². The van der Waals surface area contributed by atoms with Gasteiger partial charge in [-0.2, -0.15) is 0 Å². The standard InChI is InChI=1S/C28H32ClN3O4S/c1-4-19(2)30-28(34)20(3)31(18-21-9-5-12-23(29)17-21)26(33)15-8-16-32-24-13-6-10-22-11-7-14-25(27(22)24)37(32,35)36/h5-7,9-14,17,19-20H,4,8,15-16,18H2,1-3H3,(H,30,34)/t19-,20-/m0/s1. The summed E-state index contributed by atoms with van der Waals surface area (Å²) in [5, 5.41) is 5.08. The van der Waals surface area contributed by atoms with Gasteiger partial charge in [0.2, 0.25) is 11.8 Å². The minimum absolute atomic E-state index is 0.0113. The highest BCUT2D eigenvalue weighted by atomic mass is 35.5. The number of carbonyl (C=O) groups is 2. The van der Waals surface area contributed by atoms with Gasteiger partial charge >= 0.3 is 0 Å². The summed E-state index contributed by atoms with van der Waals surface area (Å²) in [6.45, 7) is 6.00. The first-order valence-electron chi connectivity index (χ1n) is 12.5. The lowest BCUT2D eigenvalue weighted by atomic mass is 10.1. The van der Waals surface area contributed by atoms with Crippen LogP contribution in [0.1, 0.15) is 45.6 Å². The number of hydrogen-bond donors (Lipinski definition) is 1. The van der Waals surface area contributed by atoms with Crippen molar-refractivity contribution in [2.45, 2.75) is 63.6 Å². The van der Waals surface area contributed by atoms with Crippen molar-refractivity contribution in [3.05, 3.63) is 71.2 Å². The second-order valence-corrected chi connectivity index (χ2v) is 11.7. The van der Waals surface area contributed by atoms with Gasteiger partial charge in [0.15, 0.2) is 0 Å². The van der Waals surface area contributed by atoms with Crippen LogP contribution in [0.5, 0.6) is 0 Å². The van der Waals surface area contributed by atoms with Crippen molar-refractivity contribution in [2.75, 3.05) is 10.8 Å². The quantitative estimate of drug-likeness (QED) is 0.386. The fourth-order valence-corrected chi connectivity index (χ4v) is 6.56. The van der Waals surface area contributed by atoms with Crippen molar-refractivity contribution in [2.24, 2.45) is 0 Å². The molecule has 1 N–H and O–H groups in total. The number of anilines is 1. The number of carbonyl (C=O) groups excluding carboxylic acids is 2. The Morgan fingerprint density at radius 1 is 1.05 bits per heavy atom. The van der Waals surface area contributed by atoms with Gasteiger partial charge in [0, 0.05) is 36.0 Å². The second-order valence-electron chi connectivity index (χ2n) is 9.46. The first-order chi connectivity index (χ1) is 17.6. The smallest absolute Gasteiger partial charge is 0.265 e. The zero-order chi connectivity index (χ0) is 26.7. The van der Waals surface area contributed by atoms with Gasteiger partial charge in [-0.1, -0.05) is 54.9 Å². The molecule has 0 unspecified atom stereocenters. The molecule has 9 heteroatoms. The number of benzene rings is 3. The summed E-state index contributed by atoms with van der Waals surface area (Å²) in [6, 6.07) is 17.3. The van der Waals surface area contributed by atoms with Crippen molar-refractivity contribution in [3.63, 3.8) is 0 Å². The van der Waals surface area contributed by atoms with Gasteiger partial charge in [0.1, 0.15) is 6.04 Å². The third-order valence-electron chi connectivity index (χ3n) is 6.84. The number of amides is 2. The number of nitrogens with zero attached hydrogens (tertiary/aromatic N) is 2. The lowest BCUT2D eigenvalue weighted by Gasteiger charge is -2.30. The molecule has 1 aliphatic heterocycles. The van der Waals surface area contributed by atoms with Crippen LogP contribution in [0.2, 0.25) is 5.02 Å². The molecule has 7 nitrogen and oxygen atoms in total. The summed E-state index contributed by atoms with van der Waals surface area (Å²) in [6.07, 6.45) is 1.19. The zero-order valence-corrected chi connectivity index (χ0v) is 22.8. The largest absolute Gasteiger partial charge is 0.352 e. The maximum Gasteiger partial charge on any atom is 0.265 e. The fraction of sp³-hybridized carbons (Fsp3) is 0.357. The Bertz CT molecular complexity index is 1420. The van der Waals surface area contributed by atoms with E-state index in [1.54, 1.807) is 43.3 Å². The van der Waals surface area contributed by atoms with Crippen LogP contribution < -0.4 is 9.62 Å². The second kappa shape index (κ2) is 11.1. The Morgan fingerprint density at radius 3 is 2.46 bits per heavy atom.